The molecule has 18 heavy (non-hydrogen) atoms. The fourth-order valence-corrected chi connectivity index (χ4v) is 1.74. The van der Waals surface area contributed by atoms with Crippen LogP contribution in [0, 0.1) is 0 Å². The van der Waals surface area contributed by atoms with E-state index >= 15 is 0 Å². The minimum Gasteiger partial charge on any atom is -0.481 e. The summed E-state index contributed by atoms with van der Waals surface area (Å²) in [6.45, 7) is 6.68. The zero-order valence-electron chi connectivity index (χ0n) is 11.1. The molecule has 1 saturated heterocycles. The first-order chi connectivity index (χ1) is 8.29. The number of hydrogen-bond donors (Lipinski definition) is 1. The van der Waals surface area contributed by atoms with Crippen molar-refractivity contribution in [1.29, 1.82) is 0 Å². The number of ether oxygens (including phenoxy) is 2. The lowest BCUT2D eigenvalue weighted by atomic mass is 10.1. The molecule has 0 aromatic carbocycles. The molecule has 0 unspecified atom stereocenters. The molecule has 0 bridgehead atoms. The van der Waals surface area contributed by atoms with Crippen LogP contribution in [-0.2, 0) is 14.3 Å². The Hall–Kier alpha value is -1.30. The second kappa shape index (κ2) is 6.04. The Morgan fingerprint density at radius 3 is 2.67 bits per heavy atom. The van der Waals surface area contributed by atoms with Gasteiger partial charge in [-0.25, -0.2) is 4.79 Å². The molecule has 6 heteroatoms. The second-order valence-corrected chi connectivity index (χ2v) is 5.33. The first-order valence-electron chi connectivity index (χ1n) is 6.09. The lowest BCUT2D eigenvalue weighted by Crippen LogP contribution is -2.50. The van der Waals surface area contributed by atoms with Crippen molar-refractivity contribution >= 4 is 12.1 Å². The van der Waals surface area contributed by atoms with E-state index in [-0.39, 0.29) is 12.5 Å². The van der Waals surface area contributed by atoms with Crippen LogP contribution >= 0.6 is 0 Å². The number of morpholine rings is 1. The second-order valence-electron chi connectivity index (χ2n) is 5.33. The molecule has 104 valence electrons. The third kappa shape index (κ3) is 4.91. The molecule has 1 fully saturated rings. The van der Waals surface area contributed by atoms with Gasteiger partial charge in [0.05, 0.1) is 19.3 Å². The summed E-state index contributed by atoms with van der Waals surface area (Å²) >= 11 is 0. The number of carbonyl (C=O) groups excluding carboxylic acids is 1. The van der Waals surface area contributed by atoms with Crippen LogP contribution in [0.2, 0.25) is 0 Å². The number of hydrogen-bond acceptors (Lipinski definition) is 4. The molecule has 1 amide bonds. The SMILES string of the molecule is CC(C)(C)OC(=O)N1CCOC[C@H]1CCC(=O)O. The quantitative estimate of drug-likeness (QED) is 0.831. The van der Waals surface area contributed by atoms with Crippen molar-refractivity contribution in [2.45, 2.75) is 45.3 Å². The van der Waals surface area contributed by atoms with Crippen LogP contribution in [0.15, 0.2) is 0 Å². The first kappa shape index (κ1) is 14.8. The highest BCUT2D eigenvalue weighted by Gasteiger charge is 2.31. The topological polar surface area (TPSA) is 76.1 Å². The van der Waals surface area contributed by atoms with E-state index in [9.17, 15) is 9.59 Å². The summed E-state index contributed by atoms with van der Waals surface area (Å²) in [5.41, 5.74) is -0.549. The Bertz CT molecular complexity index is 310. The summed E-state index contributed by atoms with van der Waals surface area (Å²) in [6.07, 6.45) is 0.00299. The zero-order valence-corrected chi connectivity index (χ0v) is 11.1. The van der Waals surface area contributed by atoms with Crippen LogP contribution in [0.3, 0.4) is 0 Å². The van der Waals surface area contributed by atoms with Gasteiger partial charge in [-0.3, -0.25) is 4.79 Å². The number of rotatable bonds is 3. The van der Waals surface area contributed by atoms with E-state index in [1.54, 1.807) is 25.7 Å². The van der Waals surface area contributed by atoms with Crippen molar-refractivity contribution in [2.24, 2.45) is 0 Å². The van der Waals surface area contributed by atoms with Gasteiger partial charge in [0.15, 0.2) is 0 Å². The van der Waals surface area contributed by atoms with Gasteiger partial charge in [-0.2, -0.15) is 0 Å². The largest absolute Gasteiger partial charge is 0.481 e. The Labute approximate surface area is 107 Å². The standard InChI is InChI=1S/C12H21NO5/c1-12(2,3)18-11(16)13-6-7-17-8-9(13)4-5-10(14)15/h9H,4-8H2,1-3H3,(H,14,15)/t9-/m1/s1. The highest BCUT2D eigenvalue weighted by atomic mass is 16.6. The minimum absolute atomic E-state index is 0.0212. The molecule has 1 aliphatic rings. The average Bonchev–Trinajstić information content (AvgIpc) is 2.24. The van der Waals surface area contributed by atoms with E-state index in [1.165, 1.54) is 0 Å². The average molecular weight is 259 g/mol. The zero-order chi connectivity index (χ0) is 13.8. The maximum atomic E-state index is 12.0. The van der Waals surface area contributed by atoms with Crippen molar-refractivity contribution in [2.75, 3.05) is 19.8 Å². The molecular weight excluding hydrogens is 238 g/mol. The van der Waals surface area contributed by atoms with Gasteiger partial charge in [-0.05, 0) is 27.2 Å². The Kier molecular flexibility index (Phi) is 4.95. The maximum absolute atomic E-state index is 12.0. The molecule has 1 heterocycles. The van der Waals surface area contributed by atoms with Crippen LogP contribution in [0.1, 0.15) is 33.6 Å². The minimum atomic E-state index is -0.871. The predicted molar refractivity (Wildman–Crippen MR) is 64.4 cm³/mol. The fraction of sp³-hybridized carbons (Fsp3) is 0.833. The fourth-order valence-electron chi connectivity index (χ4n) is 1.74. The van der Waals surface area contributed by atoms with Crippen molar-refractivity contribution in [1.82, 2.24) is 4.90 Å². The maximum Gasteiger partial charge on any atom is 0.410 e. The van der Waals surface area contributed by atoms with Crippen LogP contribution < -0.4 is 0 Å². The van der Waals surface area contributed by atoms with E-state index in [2.05, 4.69) is 0 Å². The van der Waals surface area contributed by atoms with E-state index in [4.69, 9.17) is 14.6 Å². The lowest BCUT2D eigenvalue weighted by molar-refractivity contribution is -0.137. The Morgan fingerprint density at radius 1 is 1.44 bits per heavy atom. The number of amides is 1. The molecule has 6 nitrogen and oxygen atoms in total. The Morgan fingerprint density at radius 2 is 2.11 bits per heavy atom. The van der Waals surface area contributed by atoms with E-state index in [0.29, 0.717) is 26.2 Å². The van der Waals surface area contributed by atoms with Crippen LogP contribution in [0.4, 0.5) is 4.79 Å². The molecule has 0 radical (unpaired) electrons. The summed E-state index contributed by atoms with van der Waals surface area (Å²) in [7, 11) is 0. The highest BCUT2D eigenvalue weighted by Crippen LogP contribution is 2.17. The molecule has 0 aromatic rings. The highest BCUT2D eigenvalue weighted by molar-refractivity contribution is 5.69. The van der Waals surface area contributed by atoms with E-state index < -0.39 is 17.7 Å². The smallest absolute Gasteiger partial charge is 0.410 e. The number of aliphatic carboxylic acids is 1. The molecule has 1 atom stereocenters. The van der Waals surface area contributed by atoms with Gasteiger partial charge in [0.25, 0.3) is 0 Å². The monoisotopic (exact) mass is 259 g/mol. The van der Waals surface area contributed by atoms with E-state index in [0.717, 1.165) is 0 Å². The van der Waals surface area contributed by atoms with Gasteiger partial charge in [-0.1, -0.05) is 0 Å². The number of carboxylic acids is 1. The summed E-state index contributed by atoms with van der Waals surface area (Å²) in [6, 6.07) is -0.218. The van der Waals surface area contributed by atoms with Crippen LogP contribution in [0.5, 0.6) is 0 Å². The van der Waals surface area contributed by atoms with Gasteiger partial charge in [-0.15, -0.1) is 0 Å². The molecular formula is C12H21NO5. The number of carbonyl (C=O) groups is 2. The third-order valence-electron chi connectivity index (χ3n) is 2.55. The molecule has 0 aliphatic carbocycles. The molecule has 0 aromatic heterocycles. The van der Waals surface area contributed by atoms with Crippen molar-refractivity contribution in [3.63, 3.8) is 0 Å². The number of nitrogens with zero attached hydrogens (tertiary/aromatic N) is 1. The summed E-state index contributed by atoms with van der Waals surface area (Å²) in [5, 5.41) is 8.68. The number of carboxylic acid groups (broad SMARTS) is 1. The summed E-state index contributed by atoms with van der Waals surface area (Å²) in [4.78, 5) is 24.1. The molecule has 1 rings (SSSR count). The van der Waals surface area contributed by atoms with Crippen molar-refractivity contribution in [3.8, 4) is 0 Å². The van der Waals surface area contributed by atoms with E-state index in [1.807, 2.05) is 0 Å². The van der Waals surface area contributed by atoms with Gasteiger partial charge in [0.1, 0.15) is 5.60 Å². The summed E-state index contributed by atoms with van der Waals surface area (Å²) in [5.74, 6) is -0.871. The third-order valence-corrected chi connectivity index (χ3v) is 2.55. The van der Waals surface area contributed by atoms with Gasteiger partial charge in [0.2, 0.25) is 0 Å². The Balaban J connectivity index is 2.58. The summed E-state index contributed by atoms with van der Waals surface area (Å²) < 4.78 is 10.6. The van der Waals surface area contributed by atoms with Gasteiger partial charge < -0.3 is 19.5 Å². The molecule has 1 aliphatic heterocycles. The molecule has 1 N–H and O–H groups in total. The van der Waals surface area contributed by atoms with Crippen molar-refractivity contribution < 1.29 is 24.2 Å². The van der Waals surface area contributed by atoms with Crippen LogP contribution in [0.25, 0.3) is 0 Å². The lowest BCUT2D eigenvalue weighted by Gasteiger charge is -2.36. The van der Waals surface area contributed by atoms with Crippen molar-refractivity contribution in [3.05, 3.63) is 0 Å². The first-order valence-corrected chi connectivity index (χ1v) is 6.09. The predicted octanol–water partition coefficient (Wildman–Crippen LogP) is 1.49. The van der Waals surface area contributed by atoms with Gasteiger partial charge >= 0.3 is 12.1 Å². The molecule has 0 spiro atoms. The normalized spacial score (nSPS) is 20.6. The molecule has 0 saturated carbocycles. The van der Waals surface area contributed by atoms with Gasteiger partial charge in [0, 0.05) is 13.0 Å². The van der Waals surface area contributed by atoms with Crippen LogP contribution in [-0.4, -0.2) is 53.5 Å².